The van der Waals surface area contributed by atoms with Crippen molar-refractivity contribution in [3.63, 3.8) is 0 Å². The molecular weight excluding hydrogens is 304 g/mol. The molecule has 0 N–H and O–H groups in total. The summed E-state index contributed by atoms with van der Waals surface area (Å²) in [5.74, 6) is 0. The normalized spacial score (nSPS) is 12.7. The predicted octanol–water partition coefficient (Wildman–Crippen LogP) is 4.30. The summed E-state index contributed by atoms with van der Waals surface area (Å²) in [7, 11) is 0. The second-order valence-electron chi connectivity index (χ2n) is 2.75. The van der Waals surface area contributed by atoms with Crippen LogP contribution < -0.4 is 4.90 Å². The zero-order valence-electron chi connectivity index (χ0n) is 7.40. The molecule has 1 aromatic rings. The van der Waals surface area contributed by atoms with Crippen LogP contribution in [-0.2, 0) is 0 Å². The highest BCUT2D eigenvalue weighted by Crippen LogP contribution is 2.38. The molecule has 0 aliphatic heterocycles. The predicted molar refractivity (Wildman–Crippen MR) is 48.7 cm³/mol. The van der Waals surface area contributed by atoms with E-state index in [1.54, 1.807) is 0 Å². The van der Waals surface area contributed by atoms with E-state index in [0.29, 0.717) is 4.47 Å². The zero-order valence-corrected chi connectivity index (χ0v) is 8.99. The Morgan fingerprint density at radius 2 is 1.19 bits per heavy atom. The van der Waals surface area contributed by atoms with Gasteiger partial charge in [-0.05, 0) is 24.3 Å². The summed E-state index contributed by atoms with van der Waals surface area (Å²) in [6.45, 7) is 0. The van der Waals surface area contributed by atoms with Crippen molar-refractivity contribution in [2.24, 2.45) is 0 Å². The van der Waals surface area contributed by atoms with Gasteiger partial charge in [0, 0.05) is 4.47 Å². The number of nitrogens with zero attached hydrogens (tertiary/aromatic N) is 1. The number of anilines is 1. The van der Waals surface area contributed by atoms with Crippen LogP contribution in [0, 0.1) is 0 Å². The first-order valence-electron chi connectivity index (χ1n) is 3.82. The minimum atomic E-state index is -5.51. The van der Waals surface area contributed by atoms with E-state index in [1.165, 1.54) is 0 Å². The van der Waals surface area contributed by atoms with Gasteiger partial charge < -0.3 is 0 Å². The van der Waals surface area contributed by atoms with Gasteiger partial charge in [0.05, 0.1) is 5.69 Å². The third-order valence-electron chi connectivity index (χ3n) is 1.59. The number of rotatable bonds is 1. The Balaban J connectivity index is 3.18. The average Bonchev–Trinajstić information content (AvgIpc) is 2.03. The van der Waals surface area contributed by atoms with Crippen LogP contribution in [0.4, 0.5) is 32.0 Å². The molecule has 0 aliphatic rings. The van der Waals surface area contributed by atoms with E-state index in [9.17, 15) is 26.3 Å². The van der Waals surface area contributed by atoms with Gasteiger partial charge in [-0.3, -0.25) is 0 Å². The average molecular weight is 308 g/mol. The molecule has 0 unspecified atom stereocenters. The van der Waals surface area contributed by atoms with Gasteiger partial charge in [0.1, 0.15) is 0 Å². The van der Waals surface area contributed by atoms with Crippen LogP contribution in [0.1, 0.15) is 0 Å². The van der Waals surface area contributed by atoms with Gasteiger partial charge in [0.15, 0.2) is 0 Å². The molecule has 0 saturated heterocycles. The van der Waals surface area contributed by atoms with Crippen LogP contribution in [0.3, 0.4) is 0 Å². The molecular formula is C8H4BrF6N. The lowest BCUT2D eigenvalue weighted by Crippen LogP contribution is -2.48. The molecule has 0 amide bonds. The Kier molecular flexibility index (Phi) is 3.41. The molecule has 1 rings (SSSR count). The van der Waals surface area contributed by atoms with Crippen molar-refractivity contribution in [3.05, 3.63) is 28.7 Å². The van der Waals surface area contributed by atoms with Crippen molar-refractivity contribution < 1.29 is 26.3 Å². The second kappa shape index (κ2) is 4.15. The maximum Gasteiger partial charge on any atom is 0.491 e. The van der Waals surface area contributed by atoms with Crippen LogP contribution in [0.2, 0.25) is 0 Å². The maximum atomic E-state index is 12.2. The number of hydrogen-bond donors (Lipinski definition) is 0. The van der Waals surface area contributed by atoms with Crippen LogP contribution in [0.5, 0.6) is 0 Å². The Morgan fingerprint density at radius 1 is 0.812 bits per heavy atom. The van der Waals surface area contributed by atoms with Gasteiger partial charge >= 0.3 is 12.6 Å². The van der Waals surface area contributed by atoms with Crippen molar-refractivity contribution in [1.29, 1.82) is 0 Å². The lowest BCUT2D eigenvalue weighted by molar-refractivity contribution is -0.226. The number of alkyl halides is 6. The first kappa shape index (κ1) is 13.1. The summed E-state index contributed by atoms with van der Waals surface area (Å²) in [4.78, 5) is -1.55. The van der Waals surface area contributed by atoms with Gasteiger partial charge in [-0.25, -0.2) is 0 Å². The van der Waals surface area contributed by atoms with Gasteiger partial charge in [-0.1, -0.05) is 15.9 Å². The minimum Gasteiger partial charge on any atom is -0.194 e. The summed E-state index contributed by atoms with van der Waals surface area (Å²) >= 11 is 2.91. The largest absolute Gasteiger partial charge is 0.491 e. The smallest absolute Gasteiger partial charge is 0.194 e. The third-order valence-corrected chi connectivity index (χ3v) is 2.12. The molecule has 0 saturated carbocycles. The second-order valence-corrected chi connectivity index (χ2v) is 3.66. The number of halogens is 7. The Labute approximate surface area is 94.8 Å². The van der Waals surface area contributed by atoms with Crippen molar-refractivity contribution in [2.45, 2.75) is 12.6 Å². The number of hydrogen-bond acceptors (Lipinski definition) is 1. The molecule has 0 aliphatic carbocycles. The highest BCUT2D eigenvalue weighted by molar-refractivity contribution is 9.10. The summed E-state index contributed by atoms with van der Waals surface area (Å²) in [5, 5.41) is 0. The molecule has 0 fully saturated rings. The molecule has 1 aromatic carbocycles. The summed E-state index contributed by atoms with van der Waals surface area (Å²) in [6.07, 6.45) is -11.0. The van der Waals surface area contributed by atoms with Gasteiger partial charge in [0.2, 0.25) is 0 Å². The van der Waals surface area contributed by atoms with Crippen molar-refractivity contribution >= 4 is 21.6 Å². The van der Waals surface area contributed by atoms with E-state index < -0.39 is 23.2 Å². The molecule has 8 heteroatoms. The summed E-state index contributed by atoms with van der Waals surface area (Å²) < 4.78 is 73.6. The van der Waals surface area contributed by atoms with Crippen molar-refractivity contribution in [3.8, 4) is 0 Å². The molecule has 90 valence electrons. The van der Waals surface area contributed by atoms with Crippen LogP contribution in [-0.4, -0.2) is 12.6 Å². The Bertz CT molecular complexity index is 340. The van der Waals surface area contributed by atoms with E-state index in [4.69, 9.17) is 0 Å². The van der Waals surface area contributed by atoms with Gasteiger partial charge in [-0.2, -0.15) is 4.90 Å². The van der Waals surface area contributed by atoms with E-state index in [2.05, 4.69) is 15.9 Å². The van der Waals surface area contributed by atoms with Crippen molar-refractivity contribution in [1.82, 2.24) is 0 Å². The monoisotopic (exact) mass is 307 g/mol. The lowest BCUT2D eigenvalue weighted by atomic mass is 10.3. The molecule has 0 heterocycles. The fraction of sp³-hybridized carbons (Fsp3) is 0.250. The minimum absolute atomic E-state index is 0.389. The van der Waals surface area contributed by atoms with E-state index >= 15 is 0 Å². The zero-order chi connectivity index (χ0) is 12.6. The number of benzene rings is 1. The Hall–Kier alpha value is -0.920. The van der Waals surface area contributed by atoms with Gasteiger partial charge in [0.25, 0.3) is 0 Å². The fourth-order valence-electron chi connectivity index (χ4n) is 1.03. The SMILES string of the molecule is FC(F)(F)N(c1ccc(Br)cc1)C(F)(F)F. The molecule has 1 nitrogen and oxygen atoms in total. The summed E-state index contributed by atoms with van der Waals surface area (Å²) in [5.41, 5.74) is -0.983. The molecule has 0 spiro atoms. The quantitative estimate of drug-likeness (QED) is 0.552. The maximum absolute atomic E-state index is 12.2. The topological polar surface area (TPSA) is 3.24 Å². The van der Waals surface area contributed by atoms with Crippen LogP contribution in [0.25, 0.3) is 0 Å². The van der Waals surface area contributed by atoms with E-state index in [-0.39, 0.29) is 0 Å². The first-order chi connectivity index (χ1) is 7.12. The standard InChI is InChI=1S/C8H4BrF6N/c9-5-1-3-6(4-2-5)16(7(10,11)12)8(13,14)15/h1-4H. The molecule has 0 bridgehead atoms. The molecule has 0 radical (unpaired) electrons. The Morgan fingerprint density at radius 3 is 1.50 bits per heavy atom. The van der Waals surface area contributed by atoms with E-state index in [1.807, 2.05) is 0 Å². The summed E-state index contributed by atoms with van der Waals surface area (Å²) in [6, 6.07) is 3.65. The van der Waals surface area contributed by atoms with Crippen LogP contribution >= 0.6 is 15.9 Å². The van der Waals surface area contributed by atoms with Crippen LogP contribution in [0.15, 0.2) is 28.7 Å². The highest BCUT2D eigenvalue weighted by Gasteiger charge is 2.53. The molecule has 16 heavy (non-hydrogen) atoms. The molecule has 0 aromatic heterocycles. The third kappa shape index (κ3) is 3.03. The van der Waals surface area contributed by atoms with Gasteiger partial charge in [-0.15, -0.1) is 26.3 Å². The molecule has 0 atom stereocenters. The lowest BCUT2D eigenvalue weighted by Gasteiger charge is -2.28. The van der Waals surface area contributed by atoms with E-state index in [0.717, 1.165) is 24.3 Å². The highest BCUT2D eigenvalue weighted by atomic mass is 79.9. The fourth-order valence-corrected chi connectivity index (χ4v) is 1.29. The first-order valence-corrected chi connectivity index (χ1v) is 4.61. The van der Waals surface area contributed by atoms with Crippen molar-refractivity contribution in [2.75, 3.05) is 4.90 Å².